The average molecular weight is 313 g/mol. The summed E-state index contributed by atoms with van der Waals surface area (Å²) in [7, 11) is -3.69. The summed E-state index contributed by atoms with van der Waals surface area (Å²) < 4.78 is 28.8. The molecule has 0 bridgehead atoms. The van der Waals surface area contributed by atoms with Gasteiger partial charge in [-0.1, -0.05) is 18.2 Å². The monoisotopic (exact) mass is 313 g/mol. The van der Waals surface area contributed by atoms with Crippen molar-refractivity contribution in [2.45, 2.75) is 19.4 Å². The molecule has 1 fully saturated rings. The summed E-state index contributed by atoms with van der Waals surface area (Å²) in [6.07, 6.45) is 0. The van der Waals surface area contributed by atoms with Crippen molar-refractivity contribution in [2.24, 2.45) is 5.41 Å². The number of hydrogen-bond acceptors (Lipinski definition) is 6. The molecule has 0 aromatic heterocycles. The molecule has 0 unspecified atom stereocenters. The van der Waals surface area contributed by atoms with Crippen LogP contribution in [0.15, 0.2) is 30.3 Å². The van der Waals surface area contributed by atoms with E-state index in [1.54, 1.807) is 18.2 Å². The van der Waals surface area contributed by atoms with Crippen LogP contribution in [0.4, 0.5) is 0 Å². The van der Waals surface area contributed by atoms with Gasteiger partial charge in [-0.15, -0.1) is 0 Å². The minimum absolute atomic E-state index is 0.221. The van der Waals surface area contributed by atoms with Crippen LogP contribution in [0, 0.1) is 15.5 Å². The van der Waals surface area contributed by atoms with E-state index in [0.29, 0.717) is 0 Å². The van der Waals surface area contributed by atoms with E-state index >= 15 is 0 Å². The molecule has 8 heteroatoms. The lowest BCUT2D eigenvalue weighted by molar-refractivity contribution is -0.573. The first kappa shape index (κ1) is 15.4. The Hall–Kier alpha value is -1.96. The minimum atomic E-state index is -3.69. The fourth-order valence-corrected chi connectivity index (χ4v) is 5.17. The van der Waals surface area contributed by atoms with Gasteiger partial charge in [0.05, 0.1) is 5.75 Å². The molecule has 114 valence electrons. The van der Waals surface area contributed by atoms with Crippen LogP contribution in [0.5, 0.6) is 5.75 Å². The van der Waals surface area contributed by atoms with Crippen LogP contribution >= 0.6 is 0 Å². The highest BCUT2D eigenvalue weighted by molar-refractivity contribution is 7.91. The van der Waals surface area contributed by atoms with Crippen LogP contribution in [-0.4, -0.2) is 36.4 Å². The molecule has 1 heterocycles. The lowest BCUT2D eigenvalue weighted by atomic mass is 9.75. The zero-order valence-electron chi connectivity index (χ0n) is 11.6. The Morgan fingerprint density at radius 1 is 1.24 bits per heavy atom. The molecule has 0 radical (unpaired) electrons. The number of carbonyl (C=O) groups is 1. The average Bonchev–Trinajstić information content (AvgIpc) is 2.58. The van der Waals surface area contributed by atoms with Gasteiger partial charge in [-0.25, -0.2) is 8.42 Å². The highest BCUT2D eigenvalue weighted by atomic mass is 32.2. The zero-order valence-corrected chi connectivity index (χ0v) is 12.4. The van der Waals surface area contributed by atoms with Crippen molar-refractivity contribution in [1.82, 2.24) is 0 Å². The van der Waals surface area contributed by atoms with Crippen molar-refractivity contribution in [1.29, 1.82) is 0 Å². The van der Waals surface area contributed by atoms with Gasteiger partial charge in [0.2, 0.25) is 5.54 Å². The van der Waals surface area contributed by atoms with Crippen molar-refractivity contribution in [3.63, 3.8) is 0 Å². The van der Waals surface area contributed by atoms with Gasteiger partial charge in [-0.2, -0.15) is 0 Å². The quantitative estimate of drug-likeness (QED) is 0.358. The maximum Gasteiger partial charge on any atom is 0.325 e. The molecule has 1 aliphatic rings. The van der Waals surface area contributed by atoms with Crippen LogP contribution in [0.2, 0.25) is 0 Å². The Morgan fingerprint density at radius 2 is 1.81 bits per heavy atom. The SMILES string of the molecule is C[C@]1(C(=O)Oc2ccccc2)CS(=O)(=O)C[C@]1(C)[N+](=O)[O-]. The lowest BCUT2D eigenvalue weighted by Gasteiger charge is -2.29. The van der Waals surface area contributed by atoms with Crippen LogP contribution in [0.1, 0.15) is 13.8 Å². The van der Waals surface area contributed by atoms with Crippen molar-refractivity contribution in [3.05, 3.63) is 40.4 Å². The first-order valence-electron chi connectivity index (χ1n) is 6.23. The van der Waals surface area contributed by atoms with Gasteiger partial charge in [0, 0.05) is 11.8 Å². The Bertz CT molecular complexity index is 686. The van der Waals surface area contributed by atoms with Gasteiger partial charge >= 0.3 is 5.97 Å². The van der Waals surface area contributed by atoms with Gasteiger partial charge in [0.25, 0.3) is 0 Å². The van der Waals surface area contributed by atoms with E-state index in [-0.39, 0.29) is 5.75 Å². The van der Waals surface area contributed by atoms with Crippen molar-refractivity contribution in [3.8, 4) is 5.75 Å². The fourth-order valence-electron chi connectivity index (χ4n) is 2.48. The van der Waals surface area contributed by atoms with Crippen molar-refractivity contribution >= 4 is 15.8 Å². The number of ether oxygens (including phenoxy) is 1. The Balaban J connectivity index is 2.39. The number of hydrogen-bond donors (Lipinski definition) is 0. The maximum atomic E-state index is 12.4. The summed E-state index contributed by atoms with van der Waals surface area (Å²) >= 11 is 0. The van der Waals surface area contributed by atoms with Gasteiger partial charge in [0.1, 0.15) is 16.9 Å². The Morgan fingerprint density at radius 3 is 2.33 bits per heavy atom. The minimum Gasteiger partial charge on any atom is -0.426 e. The van der Waals surface area contributed by atoms with E-state index in [4.69, 9.17) is 4.74 Å². The first-order chi connectivity index (χ1) is 9.61. The molecule has 2 rings (SSSR count). The Kier molecular flexibility index (Phi) is 3.53. The number of rotatable bonds is 3. The van der Waals surface area contributed by atoms with E-state index < -0.39 is 43.2 Å². The van der Waals surface area contributed by atoms with E-state index in [9.17, 15) is 23.3 Å². The van der Waals surface area contributed by atoms with E-state index in [1.807, 2.05) is 0 Å². The standard InChI is InChI=1S/C13H15NO6S/c1-12(11(15)20-10-6-4-3-5-7-10)8-21(18,19)9-13(12,2)14(16)17/h3-7H,8-9H2,1-2H3/t12-,13+/m1/s1. The third-order valence-electron chi connectivity index (χ3n) is 4.01. The molecule has 7 nitrogen and oxygen atoms in total. The number of nitrogens with zero attached hydrogens (tertiary/aromatic N) is 1. The number of para-hydroxylation sites is 1. The van der Waals surface area contributed by atoms with E-state index in [0.717, 1.165) is 0 Å². The number of carbonyl (C=O) groups excluding carboxylic acids is 1. The second-order valence-corrected chi connectivity index (χ2v) is 7.66. The molecule has 0 amide bonds. The molecule has 0 saturated carbocycles. The van der Waals surface area contributed by atoms with Crippen molar-refractivity contribution < 1.29 is 22.9 Å². The second-order valence-electron chi connectivity index (χ2n) is 5.60. The number of esters is 1. The summed E-state index contributed by atoms with van der Waals surface area (Å²) in [5.41, 5.74) is -3.64. The number of benzene rings is 1. The highest BCUT2D eigenvalue weighted by Gasteiger charge is 2.69. The van der Waals surface area contributed by atoms with Crippen LogP contribution in [0.25, 0.3) is 0 Å². The molecule has 2 atom stereocenters. The van der Waals surface area contributed by atoms with Gasteiger partial charge in [0.15, 0.2) is 9.84 Å². The third-order valence-corrected chi connectivity index (χ3v) is 6.02. The molecule has 1 aromatic rings. The van der Waals surface area contributed by atoms with Crippen molar-refractivity contribution in [2.75, 3.05) is 11.5 Å². The smallest absolute Gasteiger partial charge is 0.325 e. The molecule has 1 aromatic carbocycles. The molecule has 1 saturated heterocycles. The van der Waals surface area contributed by atoms with Gasteiger partial charge in [-0.3, -0.25) is 14.9 Å². The first-order valence-corrected chi connectivity index (χ1v) is 8.05. The summed E-state index contributed by atoms with van der Waals surface area (Å²) in [5, 5.41) is 11.3. The molecule has 21 heavy (non-hydrogen) atoms. The highest BCUT2D eigenvalue weighted by Crippen LogP contribution is 2.44. The van der Waals surface area contributed by atoms with E-state index in [2.05, 4.69) is 0 Å². The molecule has 0 aliphatic carbocycles. The largest absolute Gasteiger partial charge is 0.426 e. The topological polar surface area (TPSA) is 104 Å². The predicted octanol–water partition coefficient (Wildman–Crippen LogP) is 1.06. The van der Waals surface area contributed by atoms with E-state index in [1.165, 1.54) is 26.0 Å². The number of nitro groups is 1. The molecule has 0 spiro atoms. The number of sulfone groups is 1. The fraction of sp³-hybridized carbons (Fsp3) is 0.462. The summed E-state index contributed by atoms with van der Waals surface area (Å²) in [5.74, 6) is -1.95. The zero-order chi connectivity index (χ0) is 15.9. The molecule has 1 aliphatic heterocycles. The second kappa shape index (κ2) is 4.80. The van der Waals surface area contributed by atoms with Crippen LogP contribution in [-0.2, 0) is 14.6 Å². The predicted molar refractivity (Wildman–Crippen MR) is 74.2 cm³/mol. The molecule has 0 N–H and O–H groups in total. The maximum absolute atomic E-state index is 12.4. The van der Waals surface area contributed by atoms with Crippen LogP contribution in [0.3, 0.4) is 0 Å². The summed E-state index contributed by atoms with van der Waals surface area (Å²) in [6, 6.07) is 8.05. The summed E-state index contributed by atoms with van der Waals surface area (Å²) in [6.45, 7) is 2.44. The third kappa shape index (κ3) is 2.51. The van der Waals surface area contributed by atoms with Gasteiger partial charge < -0.3 is 4.74 Å². The van der Waals surface area contributed by atoms with Gasteiger partial charge in [-0.05, 0) is 19.1 Å². The normalized spacial score (nSPS) is 30.8. The molecular weight excluding hydrogens is 298 g/mol. The molecular formula is C13H15NO6S. The summed E-state index contributed by atoms with van der Waals surface area (Å²) in [4.78, 5) is 23.0. The lowest BCUT2D eigenvalue weighted by Crippen LogP contribution is -2.55. The Labute approximate surface area is 122 Å². The van der Waals surface area contributed by atoms with Crippen LogP contribution < -0.4 is 4.74 Å².